The predicted octanol–water partition coefficient (Wildman–Crippen LogP) is 2.58. The molecule has 0 bridgehead atoms. The van der Waals surface area contributed by atoms with E-state index in [1.807, 2.05) is 18.2 Å². The Labute approximate surface area is 125 Å². The van der Waals surface area contributed by atoms with Gasteiger partial charge in [-0.05, 0) is 18.1 Å². The van der Waals surface area contributed by atoms with Gasteiger partial charge in [0.1, 0.15) is 0 Å². The van der Waals surface area contributed by atoms with E-state index >= 15 is 0 Å². The number of halogens is 2. The molecule has 108 valence electrons. The molecule has 0 aliphatic rings. The summed E-state index contributed by atoms with van der Waals surface area (Å²) in [5.74, 6) is 0.439. The van der Waals surface area contributed by atoms with Gasteiger partial charge in [0.15, 0.2) is 0 Å². The van der Waals surface area contributed by atoms with Gasteiger partial charge in [-0.2, -0.15) is 17.0 Å². The number of hydrogen-bond acceptors (Lipinski definition) is 2. The van der Waals surface area contributed by atoms with Crippen LogP contribution in [-0.4, -0.2) is 43.5 Å². The summed E-state index contributed by atoms with van der Waals surface area (Å²) in [7, 11) is -0.393. The van der Waals surface area contributed by atoms with Crippen LogP contribution in [0, 0.1) is 0 Å². The van der Waals surface area contributed by atoms with Gasteiger partial charge in [0.25, 0.3) is 10.2 Å². The summed E-state index contributed by atoms with van der Waals surface area (Å²) in [4.78, 5) is 0. The predicted molar refractivity (Wildman–Crippen MR) is 79.8 cm³/mol. The van der Waals surface area contributed by atoms with Crippen LogP contribution in [0.25, 0.3) is 0 Å². The van der Waals surface area contributed by atoms with Gasteiger partial charge in [0.2, 0.25) is 0 Å². The molecule has 0 atom stereocenters. The van der Waals surface area contributed by atoms with Crippen molar-refractivity contribution in [2.75, 3.05) is 26.5 Å². The second-order valence-corrected chi connectivity index (χ2v) is 7.15. The Hall–Kier alpha value is -0.330. The lowest BCUT2D eigenvalue weighted by atomic mass is 10.2. The monoisotopic (exact) mass is 324 g/mol. The molecule has 0 saturated heterocycles. The molecule has 0 heterocycles. The van der Waals surface area contributed by atoms with E-state index < -0.39 is 10.2 Å². The molecule has 0 aromatic heterocycles. The Kier molecular flexibility index (Phi) is 6.56. The van der Waals surface area contributed by atoms with Gasteiger partial charge in [-0.1, -0.05) is 29.8 Å². The molecular formula is C12H18Cl2N2O2S. The summed E-state index contributed by atoms with van der Waals surface area (Å²) in [6, 6.07) is 7.20. The fourth-order valence-electron chi connectivity index (χ4n) is 1.58. The van der Waals surface area contributed by atoms with E-state index in [9.17, 15) is 8.42 Å². The van der Waals surface area contributed by atoms with Gasteiger partial charge in [-0.25, -0.2) is 0 Å². The van der Waals surface area contributed by atoms with Crippen LogP contribution < -0.4 is 0 Å². The maximum atomic E-state index is 12.2. The third-order valence-corrected chi connectivity index (χ3v) is 5.27. The van der Waals surface area contributed by atoms with Gasteiger partial charge in [-0.3, -0.25) is 0 Å². The summed E-state index contributed by atoms with van der Waals surface area (Å²) in [6.07, 6.45) is 0.622. The molecule has 0 radical (unpaired) electrons. The maximum absolute atomic E-state index is 12.2. The van der Waals surface area contributed by atoms with E-state index in [1.54, 1.807) is 13.1 Å². The minimum absolute atomic E-state index is 0.243. The summed E-state index contributed by atoms with van der Waals surface area (Å²) in [5, 5.41) is 0.563. The lowest BCUT2D eigenvalue weighted by Gasteiger charge is -2.24. The third-order valence-electron chi connectivity index (χ3n) is 2.75. The van der Waals surface area contributed by atoms with Crippen molar-refractivity contribution in [3.05, 3.63) is 34.9 Å². The van der Waals surface area contributed by atoms with Crippen molar-refractivity contribution >= 4 is 33.4 Å². The largest absolute Gasteiger partial charge is 0.281 e. The Morgan fingerprint density at radius 1 is 1.16 bits per heavy atom. The van der Waals surface area contributed by atoms with E-state index in [4.69, 9.17) is 23.2 Å². The second-order valence-electron chi connectivity index (χ2n) is 4.22. The molecule has 4 nitrogen and oxygen atoms in total. The van der Waals surface area contributed by atoms with E-state index in [-0.39, 0.29) is 6.54 Å². The second kappa shape index (κ2) is 7.45. The first-order chi connectivity index (χ1) is 8.89. The van der Waals surface area contributed by atoms with Crippen molar-refractivity contribution in [2.24, 2.45) is 0 Å². The molecule has 0 fully saturated rings. The van der Waals surface area contributed by atoms with Crippen LogP contribution in [0.5, 0.6) is 0 Å². The van der Waals surface area contributed by atoms with E-state index in [0.717, 1.165) is 5.56 Å². The van der Waals surface area contributed by atoms with Crippen molar-refractivity contribution in [2.45, 2.75) is 13.0 Å². The van der Waals surface area contributed by atoms with Crippen molar-refractivity contribution < 1.29 is 8.42 Å². The van der Waals surface area contributed by atoms with Crippen LogP contribution in [-0.2, 0) is 16.8 Å². The van der Waals surface area contributed by atoms with Crippen molar-refractivity contribution in [1.29, 1.82) is 0 Å². The lowest BCUT2D eigenvalue weighted by molar-refractivity contribution is 0.389. The molecule has 0 saturated carbocycles. The van der Waals surface area contributed by atoms with Crippen molar-refractivity contribution in [3.63, 3.8) is 0 Å². The average Bonchev–Trinajstić information content (AvgIpc) is 2.38. The number of hydrogen-bond donors (Lipinski definition) is 0. The van der Waals surface area contributed by atoms with Crippen molar-refractivity contribution in [3.8, 4) is 0 Å². The molecule has 0 unspecified atom stereocenters. The highest BCUT2D eigenvalue weighted by atomic mass is 35.5. The Balaban J connectivity index is 2.76. The highest BCUT2D eigenvalue weighted by Crippen LogP contribution is 2.18. The molecule has 0 aliphatic heterocycles. The van der Waals surface area contributed by atoms with Crippen LogP contribution >= 0.6 is 23.2 Å². The highest BCUT2D eigenvalue weighted by molar-refractivity contribution is 7.86. The normalized spacial score (nSPS) is 12.3. The molecule has 19 heavy (non-hydrogen) atoms. The molecule has 0 amide bonds. The molecule has 0 aliphatic carbocycles. The van der Waals surface area contributed by atoms with Crippen LogP contribution in [0.4, 0.5) is 0 Å². The first-order valence-electron chi connectivity index (χ1n) is 5.86. The number of benzene rings is 1. The molecule has 0 spiro atoms. The zero-order chi connectivity index (χ0) is 14.5. The lowest BCUT2D eigenvalue weighted by Crippen LogP contribution is -2.39. The molecule has 7 heteroatoms. The molecule has 1 aromatic carbocycles. The van der Waals surface area contributed by atoms with Crippen LogP contribution in [0.2, 0.25) is 5.02 Å². The topological polar surface area (TPSA) is 40.6 Å². The van der Waals surface area contributed by atoms with Crippen LogP contribution in [0.3, 0.4) is 0 Å². The molecule has 1 rings (SSSR count). The SMILES string of the molecule is CN(CCCCl)S(=O)(=O)N(C)Cc1ccccc1Cl. The summed E-state index contributed by atoms with van der Waals surface area (Å²) in [5.41, 5.74) is 0.779. The van der Waals surface area contributed by atoms with Gasteiger partial charge in [0.05, 0.1) is 0 Å². The zero-order valence-electron chi connectivity index (χ0n) is 11.0. The standard InChI is InChI=1S/C12H18Cl2N2O2S/c1-15(9-5-8-13)19(17,18)16(2)10-11-6-3-4-7-12(11)14/h3-4,6-7H,5,8-10H2,1-2H3. The summed E-state index contributed by atoms with van der Waals surface area (Å²) < 4.78 is 27.0. The summed E-state index contributed by atoms with van der Waals surface area (Å²) in [6.45, 7) is 0.645. The Bertz CT molecular complexity index is 508. The fraction of sp³-hybridized carbons (Fsp3) is 0.500. The third kappa shape index (κ3) is 4.61. The van der Waals surface area contributed by atoms with Gasteiger partial charge < -0.3 is 0 Å². The highest BCUT2D eigenvalue weighted by Gasteiger charge is 2.23. The Morgan fingerprint density at radius 3 is 2.37 bits per heavy atom. The average molecular weight is 325 g/mol. The van der Waals surface area contributed by atoms with E-state index in [0.29, 0.717) is 23.9 Å². The molecule has 0 N–H and O–H groups in total. The van der Waals surface area contributed by atoms with E-state index in [2.05, 4.69) is 0 Å². The number of nitrogens with zero attached hydrogens (tertiary/aromatic N) is 2. The van der Waals surface area contributed by atoms with Gasteiger partial charge >= 0.3 is 0 Å². The quantitative estimate of drug-likeness (QED) is 0.723. The minimum Gasteiger partial charge on any atom is -0.195 e. The number of alkyl halides is 1. The maximum Gasteiger partial charge on any atom is 0.281 e. The summed E-state index contributed by atoms with van der Waals surface area (Å²) >= 11 is 11.6. The van der Waals surface area contributed by atoms with Gasteiger partial charge in [0, 0.05) is 38.1 Å². The molecule has 1 aromatic rings. The Morgan fingerprint density at radius 2 is 1.79 bits per heavy atom. The van der Waals surface area contributed by atoms with Crippen LogP contribution in [0.1, 0.15) is 12.0 Å². The van der Waals surface area contributed by atoms with E-state index in [1.165, 1.54) is 15.7 Å². The fourth-order valence-corrected chi connectivity index (χ4v) is 3.04. The smallest absolute Gasteiger partial charge is 0.195 e. The number of rotatable bonds is 7. The minimum atomic E-state index is -3.48. The van der Waals surface area contributed by atoms with Gasteiger partial charge in [-0.15, -0.1) is 11.6 Å². The molecular weight excluding hydrogens is 307 g/mol. The first kappa shape index (κ1) is 16.7. The van der Waals surface area contributed by atoms with Crippen LogP contribution in [0.15, 0.2) is 24.3 Å². The first-order valence-corrected chi connectivity index (χ1v) is 8.17. The zero-order valence-corrected chi connectivity index (χ0v) is 13.3. The van der Waals surface area contributed by atoms with Crippen molar-refractivity contribution in [1.82, 2.24) is 8.61 Å².